The van der Waals surface area contributed by atoms with Gasteiger partial charge < -0.3 is 11.9 Å². The van der Waals surface area contributed by atoms with Gasteiger partial charge in [-0.3, -0.25) is 5.10 Å². The van der Waals surface area contributed by atoms with Gasteiger partial charge in [0.15, 0.2) is 5.03 Å². The van der Waals surface area contributed by atoms with E-state index in [2.05, 4.69) is 24.0 Å². The molecule has 1 unspecified atom stereocenters. The van der Waals surface area contributed by atoms with Crippen molar-refractivity contribution in [3.63, 3.8) is 0 Å². The molecule has 0 saturated heterocycles. The predicted octanol–water partition coefficient (Wildman–Crippen LogP) is 4.76. The average molecular weight is 411 g/mol. The van der Waals surface area contributed by atoms with Gasteiger partial charge in [0.1, 0.15) is 0 Å². The molecule has 6 nitrogen and oxygen atoms in total. The van der Waals surface area contributed by atoms with Gasteiger partial charge >= 0.3 is 0 Å². The zero-order valence-corrected chi connectivity index (χ0v) is 17.4. The molecular weight excluding hydrogens is 384 g/mol. The second kappa shape index (κ2) is 7.94. The van der Waals surface area contributed by atoms with E-state index in [0.717, 1.165) is 17.4 Å². The minimum Gasteiger partial charge on any atom is -0.344 e. The van der Waals surface area contributed by atoms with Gasteiger partial charge in [-0.2, -0.15) is 5.10 Å². The van der Waals surface area contributed by atoms with Gasteiger partial charge in [-0.1, -0.05) is 56.3 Å². The molecule has 0 amide bonds. The molecule has 4 rings (SSSR count). The van der Waals surface area contributed by atoms with Crippen LogP contribution in [0.4, 0.5) is 0 Å². The Hall–Kier alpha value is -2.74. The van der Waals surface area contributed by atoms with E-state index in [1.165, 1.54) is 0 Å². The summed E-state index contributed by atoms with van der Waals surface area (Å²) in [6.07, 6.45) is 0.828. The number of nitrogens with zero attached hydrogens (tertiary/aromatic N) is 1. The fourth-order valence-corrected chi connectivity index (χ4v) is 5.19. The number of rotatable bonds is 5. The lowest BCUT2D eigenvalue weighted by Crippen LogP contribution is -2.12. The van der Waals surface area contributed by atoms with E-state index in [9.17, 15) is 8.42 Å². The molecule has 0 aliphatic carbocycles. The van der Waals surface area contributed by atoms with Crippen LogP contribution < -0.4 is 11.9 Å². The second-order valence-corrected chi connectivity index (χ2v) is 9.38. The zero-order valence-electron chi connectivity index (χ0n) is 16.6. The number of nitrogens with one attached hydrogen (secondary N) is 1. The molecule has 0 saturated carbocycles. The third kappa shape index (κ3) is 3.76. The van der Waals surface area contributed by atoms with Crippen molar-refractivity contribution in [2.75, 3.05) is 0 Å². The van der Waals surface area contributed by atoms with Crippen molar-refractivity contribution in [3.05, 3.63) is 66.2 Å². The van der Waals surface area contributed by atoms with Crippen LogP contribution in [0.3, 0.4) is 0 Å². The van der Waals surface area contributed by atoms with Gasteiger partial charge in [0.25, 0.3) is 0 Å². The van der Waals surface area contributed by atoms with E-state index in [4.69, 9.17) is 5.73 Å². The summed E-state index contributed by atoms with van der Waals surface area (Å²) in [6, 6.07) is 18.2. The first-order valence-corrected chi connectivity index (χ1v) is 10.8. The van der Waals surface area contributed by atoms with Crippen molar-refractivity contribution in [3.8, 4) is 0 Å². The maximum absolute atomic E-state index is 13.5. The first kappa shape index (κ1) is 21.0. The number of benzene rings is 3. The Balaban J connectivity index is 0.00000240. The lowest BCUT2D eigenvalue weighted by atomic mass is 9.97. The SMILES string of the molecule is CC(C)CC(N)c1ccc2[nH]nc(S(=O)(=O)c3cccc4ccccc34)c2c1.N. The van der Waals surface area contributed by atoms with Gasteiger partial charge in [-0.05, 0) is 41.5 Å². The molecule has 152 valence electrons. The van der Waals surface area contributed by atoms with Crippen LogP contribution in [0.2, 0.25) is 0 Å². The Kier molecular flexibility index (Phi) is 5.75. The second-order valence-electron chi connectivity index (χ2n) is 7.55. The Morgan fingerprint density at radius 1 is 1.00 bits per heavy atom. The Morgan fingerprint density at radius 3 is 2.48 bits per heavy atom. The van der Waals surface area contributed by atoms with Crippen molar-refractivity contribution in [2.24, 2.45) is 11.7 Å². The van der Waals surface area contributed by atoms with Gasteiger partial charge in [0.2, 0.25) is 9.84 Å². The summed E-state index contributed by atoms with van der Waals surface area (Å²) in [5, 5.41) is 9.19. The molecule has 4 aromatic rings. The largest absolute Gasteiger partial charge is 0.344 e. The molecule has 0 aliphatic rings. The van der Waals surface area contributed by atoms with Crippen LogP contribution >= 0.6 is 0 Å². The highest BCUT2D eigenvalue weighted by Crippen LogP contribution is 2.32. The first-order valence-electron chi connectivity index (χ1n) is 9.34. The molecule has 3 aromatic carbocycles. The van der Waals surface area contributed by atoms with Gasteiger partial charge in [0, 0.05) is 16.8 Å². The van der Waals surface area contributed by atoms with Crippen LogP contribution in [-0.4, -0.2) is 18.6 Å². The molecule has 7 heteroatoms. The standard InChI is InChI=1S/C22H23N3O2S.H3N/c1-14(2)12-19(23)16-10-11-20-18(13-16)22(25-24-20)28(26,27)21-9-5-7-15-6-3-4-8-17(15)21;/h3-11,13-14,19H,12,23H2,1-2H3,(H,24,25);1H3. The minimum absolute atomic E-state index is 0. The maximum Gasteiger partial charge on any atom is 0.226 e. The predicted molar refractivity (Wildman–Crippen MR) is 117 cm³/mol. The third-order valence-corrected chi connectivity index (χ3v) is 6.75. The van der Waals surface area contributed by atoms with Crippen LogP contribution in [0.15, 0.2) is 70.6 Å². The lowest BCUT2D eigenvalue weighted by Gasteiger charge is -2.14. The Labute approximate surface area is 170 Å². The van der Waals surface area contributed by atoms with E-state index in [1.54, 1.807) is 12.1 Å². The van der Waals surface area contributed by atoms with Crippen molar-refractivity contribution in [1.82, 2.24) is 16.3 Å². The third-order valence-electron chi connectivity index (χ3n) is 5.00. The molecule has 0 aliphatic heterocycles. The molecule has 1 aromatic heterocycles. The molecule has 0 fully saturated rings. The van der Waals surface area contributed by atoms with E-state index < -0.39 is 9.84 Å². The Bertz CT molecular complexity index is 1260. The van der Waals surface area contributed by atoms with Crippen LogP contribution in [0.1, 0.15) is 31.9 Å². The van der Waals surface area contributed by atoms with E-state index in [-0.39, 0.29) is 22.1 Å². The van der Waals surface area contributed by atoms with E-state index in [0.29, 0.717) is 22.2 Å². The Morgan fingerprint density at radius 2 is 1.72 bits per heavy atom. The summed E-state index contributed by atoms with van der Waals surface area (Å²) < 4.78 is 26.9. The van der Waals surface area contributed by atoms with Crippen LogP contribution in [0.5, 0.6) is 0 Å². The number of hydrogen-bond acceptors (Lipinski definition) is 5. The average Bonchev–Trinajstić information content (AvgIpc) is 3.11. The molecule has 0 bridgehead atoms. The number of hydrogen-bond donors (Lipinski definition) is 3. The number of fused-ring (bicyclic) bond motifs is 2. The summed E-state index contributed by atoms with van der Waals surface area (Å²) in [6.45, 7) is 4.24. The highest BCUT2D eigenvalue weighted by Gasteiger charge is 2.26. The molecule has 1 atom stereocenters. The van der Waals surface area contributed by atoms with Crippen molar-refractivity contribution < 1.29 is 8.42 Å². The number of aromatic nitrogens is 2. The first-order chi connectivity index (χ1) is 13.4. The highest BCUT2D eigenvalue weighted by atomic mass is 32.2. The smallest absolute Gasteiger partial charge is 0.226 e. The normalized spacial score (nSPS) is 13.0. The number of aromatic amines is 1. The number of H-pyrrole nitrogens is 1. The summed E-state index contributed by atoms with van der Waals surface area (Å²) in [4.78, 5) is 0.260. The van der Waals surface area contributed by atoms with Crippen LogP contribution in [0, 0.1) is 5.92 Å². The van der Waals surface area contributed by atoms with Crippen molar-refractivity contribution in [1.29, 1.82) is 0 Å². The number of nitrogens with two attached hydrogens (primary N) is 1. The molecule has 29 heavy (non-hydrogen) atoms. The zero-order chi connectivity index (χ0) is 19.9. The summed E-state index contributed by atoms with van der Waals surface area (Å²) in [5.74, 6) is 0.453. The summed E-state index contributed by atoms with van der Waals surface area (Å²) in [5.41, 5.74) is 7.91. The van der Waals surface area contributed by atoms with Crippen molar-refractivity contribution in [2.45, 2.75) is 36.2 Å². The van der Waals surface area contributed by atoms with Crippen LogP contribution in [-0.2, 0) is 9.84 Å². The number of sulfone groups is 1. The van der Waals surface area contributed by atoms with Gasteiger partial charge in [0.05, 0.1) is 10.4 Å². The topological polar surface area (TPSA) is 124 Å². The van der Waals surface area contributed by atoms with Gasteiger partial charge in [-0.25, -0.2) is 8.42 Å². The van der Waals surface area contributed by atoms with E-state index >= 15 is 0 Å². The fraction of sp³-hybridized carbons (Fsp3) is 0.227. The molecule has 1 heterocycles. The summed E-state index contributed by atoms with van der Waals surface area (Å²) >= 11 is 0. The highest BCUT2D eigenvalue weighted by molar-refractivity contribution is 7.91. The van der Waals surface area contributed by atoms with Gasteiger partial charge in [-0.15, -0.1) is 0 Å². The maximum atomic E-state index is 13.5. The summed E-state index contributed by atoms with van der Waals surface area (Å²) in [7, 11) is -3.80. The minimum atomic E-state index is -3.80. The molecular formula is C22H26N4O2S. The fourth-order valence-electron chi connectivity index (χ4n) is 3.62. The monoisotopic (exact) mass is 410 g/mol. The molecule has 6 N–H and O–H groups in total. The van der Waals surface area contributed by atoms with Crippen molar-refractivity contribution >= 4 is 31.5 Å². The molecule has 0 spiro atoms. The quantitative estimate of drug-likeness (QED) is 0.438. The molecule has 0 radical (unpaired) electrons. The lowest BCUT2D eigenvalue weighted by molar-refractivity contribution is 0.510. The van der Waals surface area contributed by atoms with Crippen LogP contribution in [0.25, 0.3) is 21.7 Å². The van der Waals surface area contributed by atoms with E-state index in [1.807, 2.05) is 48.5 Å².